The van der Waals surface area contributed by atoms with Crippen molar-refractivity contribution < 1.29 is 8.78 Å². The van der Waals surface area contributed by atoms with Gasteiger partial charge in [0.1, 0.15) is 5.02 Å². The molecule has 0 fully saturated rings. The molecule has 2 nitrogen and oxygen atoms in total. The van der Waals surface area contributed by atoms with E-state index in [4.69, 9.17) is 11.6 Å². The second-order valence-corrected chi connectivity index (χ2v) is 2.30. The zero-order valence-electron chi connectivity index (χ0n) is 5.27. The third kappa shape index (κ3) is 1.77. The van der Waals surface area contributed by atoms with Gasteiger partial charge in [0.2, 0.25) is 0 Å². The highest BCUT2D eigenvalue weighted by atomic mass is 35.5. The average Bonchev–Trinajstić information content (AvgIpc) is 1.94. The quantitative estimate of drug-likeness (QED) is 0.703. The van der Waals surface area contributed by atoms with Crippen LogP contribution in [0.3, 0.4) is 0 Å². The van der Waals surface area contributed by atoms with Gasteiger partial charge in [-0.1, -0.05) is 11.6 Å². The van der Waals surface area contributed by atoms with Gasteiger partial charge in [-0.15, -0.1) is 0 Å². The Balaban J connectivity index is 3.16. The standard InChI is InChI=1S/C6H4ClF2NO/c7-3-1-2-4(5(8)9)10-6(3)11/h1-2,5H,(H,10,11). The predicted octanol–water partition coefficient (Wildman–Crippen LogP) is 1.97. The van der Waals surface area contributed by atoms with Crippen LogP contribution in [-0.2, 0) is 0 Å². The van der Waals surface area contributed by atoms with Crippen LogP contribution in [0.4, 0.5) is 8.78 Å². The zero-order chi connectivity index (χ0) is 8.43. The van der Waals surface area contributed by atoms with E-state index in [1.54, 1.807) is 0 Å². The molecule has 1 aromatic heterocycles. The summed E-state index contributed by atoms with van der Waals surface area (Å²) in [4.78, 5) is 12.6. The number of hydrogen-bond donors (Lipinski definition) is 1. The lowest BCUT2D eigenvalue weighted by Gasteiger charge is -1.97. The molecule has 1 rings (SSSR count). The van der Waals surface area contributed by atoms with Crippen LogP contribution in [0.25, 0.3) is 0 Å². The predicted molar refractivity (Wildman–Crippen MR) is 37.0 cm³/mol. The maximum Gasteiger partial charge on any atom is 0.278 e. The van der Waals surface area contributed by atoms with Crippen LogP contribution in [0.15, 0.2) is 16.9 Å². The van der Waals surface area contributed by atoms with E-state index >= 15 is 0 Å². The van der Waals surface area contributed by atoms with Crippen LogP contribution in [0.2, 0.25) is 5.02 Å². The number of aromatic nitrogens is 1. The van der Waals surface area contributed by atoms with Crippen molar-refractivity contribution in [3.05, 3.63) is 33.2 Å². The number of aromatic amines is 1. The molecule has 0 atom stereocenters. The second-order valence-electron chi connectivity index (χ2n) is 1.89. The molecule has 1 N–H and O–H groups in total. The normalized spacial score (nSPS) is 10.5. The molecule has 0 amide bonds. The van der Waals surface area contributed by atoms with Gasteiger partial charge in [-0.3, -0.25) is 4.79 Å². The minimum Gasteiger partial charge on any atom is -0.320 e. The number of rotatable bonds is 1. The summed E-state index contributed by atoms with van der Waals surface area (Å²) in [7, 11) is 0. The van der Waals surface area contributed by atoms with Crippen molar-refractivity contribution in [3.8, 4) is 0 Å². The molecule has 60 valence electrons. The average molecular weight is 180 g/mol. The molecule has 0 saturated carbocycles. The van der Waals surface area contributed by atoms with Crippen molar-refractivity contribution in [2.45, 2.75) is 6.43 Å². The maximum atomic E-state index is 11.9. The Morgan fingerprint density at radius 3 is 2.55 bits per heavy atom. The lowest BCUT2D eigenvalue weighted by molar-refractivity contribution is 0.146. The van der Waals surface area contributed by atoms with E-state index in [2.05, 4.69) is 0 Å². The molecule has 0 radical (unpaired) electrons. The van der Waals surface area contributed by atoms with Gasteiger partial charge >= 0.3 is 0 Å². The molecule has 1 aromatic rings. The molecule has 0 saturated heterocycles. The number of hydrogen-bond acceptors (Lipinski definition) is 1. The molecule has 11 heavy (non-hydrogen) atoms. The highest BCUT2D eigenvalue weighted by molar-refractivity contribution is 6.30. The van der Waals surface area contributed by atoms with E-state index in [0.29, 0.717) is 0 Å². The first kappa shape index (κ1) is 8.20. The summed E-state index contributed by atoms with van der Waals surface area (Å²) in [6.07, 6.45) is -2.67. The fraction of sp³-hybridized carbons (Fsp3) is 0.167. The molecule has 0 spiro atoms. The molecule has 1 heterocycles. The largest absolute Gasteiger partial charge is 0.320 e. The van der Waals surface area contributed by atoms with E-state index in [0.717, 1.165) is 12.1 Å². The Labute approximate surface area is 65.8 Å². The van der Waals surface area contributed by atoms with Crippen molar-refractivity contribution in [1.82, 2.24) is 4.98 Å². The summed E-state index contributed by atoms with van der Waals surface area (Å²) in [5.74, 6) is 0. The van der Waals surface area contributed by atoms with Gasteiger partial charge in [0.15, 0.2) is 0 Å². The summed E-state index contributed by atoms with van der Waals surface area (Å²) in [6, 6.07) is 2.22. The zero-order valence-corrected chi connectivity index (χ0v) is 6.03. The van der Waals surface area contributed by atoms with E-state index in [1.807, 2.05) is 4.98 Å². The Kier molecular flexibility index (Phi) is 2.24. The SMILES string of the molecule is O=c1[nH]c(C(F)F)ccc1Cl. The van der Waals surface area contributed by atoms with Gasteiger partial charge in [-0.25, -0.2) is 8.78 Å². The highest BCUT2D eigenvalue weighted by Gasteiger charge is 2.07. The number of pyridine rings is 1. The van der Waals surface area contributed by atoms with Crippen LogP contribution in [-0.4, -0.2) is 4.98 Å². The highest BCUT2D eigenvalue weighted by Crippen LogP contribution is 2.14. The van der Waals surface area contributed by atoms with Crippen LogP contribution in [0.1, 0.15) is 12.1 Å². The summed E-state index contributed by atoms with van der Waals surface area (Å²) in [5.41, 5.74) is -1.11. The maximum absolute atomic E-state index is 11.9. The summed E-state index contributed by atoms with van der Waals surface area (Å²) in [5, 5.41) is -0.0885. The minimum atomic E-state index is -2.67. The Morgan fingerprint density at radius 1 is 1.45 bits per heavy atom. The Bertz CT molecular complexity index is 310. The van der Waals surface area contributed by atoms with Crippen molar-refractivity contribution >= 4 is 11.6 Å². The Hall–Kier alpha value is -0.900. The Morgan fingerprint density at radius 2 is 2.09 bits per heavy atom. The van der Waals surface area contributed by atoms with Gasteiger partial charge in [-0.2, -0.15) is 0 Å². The molecule has 0 unspecified atom stereocenters. The van der Waals surface area contributed by atoms with Crippen LogP contribution >= 0.6 is 11.6 Å². The summed E-state index contributed by atoms with van der Waals surface area (Å²) in [6.45, 7) is 0. The fourth-order valence-corrected chi connectivity index (χ4v) is 0.709. The molecule has 0 aromatic carbocycles. The van der Waals surface area contributed by atoms with Crippen molar-refractivity contribution in [1.29, 1.82) is 0 Å². The first-order valence-electron chi connectivity index (χ1n) is 2.78. The molecule has 0 aliphatic rings. The van der Waals surface area contributed by atoms with Crippen molar-refractivity contribution in [2.75, 3.05) is 0 Å². The van der Waals surface area contributed by atoms with E-state index in [9.17, 15) is 13.6 Å². The van der Waals surface area contributed by atoms with Gasteiger partial charge in [0.25, 0.3) is 12.0 Å². The van der Waals surface area contributed by atoms with Crippen LogP contribution in [0, 0.1) is 0 Å². The number of nitrogens with one attached hydrogen (secondary N) is 1. The molecular weight excluding hydrogens is 176 g/mol. The van der Waals surface area contributed by atoms with E-state index in [1.165, 1.54) is 0 Å². The third-order valence-corrected chi connectivity index (χ3v) is 1.42. The molecule has 0 aliphatic heterocycles. The molecule has 5 heteroatoms. The lowest BCUT2D eigenvalue weighted by atomic mass is 10.4. The van der Waals surface area contributed by atoms with Crippen molar-refractivity contribution in [3.63, 3.8) is 0 Å². The van der Waals surface area contributed by atoms with Gasteiger partial charge < -0.3 is 4.98 Å². The first-order valence-corrected chi connectivity index (χ1v) is 3.16. The monoisotopic (exact) mass is 179 g/mol. The van der Waals surface area contributed by atoms with Crippen LogP contribution in [0.5, 0.6) is 0 Å². The van der Waals surface area contributed by atoms with Gasteiger partial charge in [-0.05, 0) is 12.1 Å². The second kappa shape index (κ2) is 3.00. The summed E-state index contributed by atoms with van der Waals surface area (Å²) >= 11 is 5.30. The molecule has 0 bridgehead atoms. The van der Waals surface area contributed by atoms with Crippen LogP contribution < -0.4 is 5.56 Å². The number of alkyl halides is 2. The van der Waals surface area contributed by atoms with Crippen molar-refractivity contribution in [2.24, 2.45) is 0 Å². The van der Waals surface area contributed by atoms with Gasteiger partial charge in [0.05, 0.1) is 5.69 Å². The first-order chi connectivity index (χ1) is 5.11. The number of H-pyrrole nitrogens is 1. The van der Waals surface area contributed by atoms with Gasteiger partial charge in [0, 0.05) is 0 Å². The van der Waals surface area contributed by atoms with E-state index < -0.39 is 17.7 Å². The van der Waals surface area contributed by atoms with E-state index in [-0.39, 0.29) is 5.02 Å². The lowest BCUT2D eigenvalue weighted by Crippen LogP contribution is -2.08. The minimum absolute atomic E-state index is 0.0885. The molecule has 0 aliphatic carbocycles. The fourth-order valence-electron chi connectivity index (χ4n) is 0.598. The molecular formula is C6H4ClF2NO. The summed E-state index contributed by atoms with van der Waals surface area (Å²) < 4.78 is 23.7. The smallest absolute Gasteiger partial charge is 0.278 e. The number of halogens is 3. The third-order valence-electron chi connectivity index (χ3n) is 1.12. The topological polar surface area (TPSA) is 32.9 Å².